The molecule has 0 saturated heterocycles. The van der Waals surface area contributed by atoms with Gasteiger partial charge in [0.05, 0.1) is 6.61 Å². The minimum absolute atomic E-state index is 0.471. The number of benzene rings is 2. The van der Waals surface area contributed by atoms with Crippen molar-refractivity contribution in [1.82, 2.24) is 0 Å². The molecule has 0 unspecified atom stereocenters. The summed E-state index contributed by atoms with van der Waals surface area (Å²) in [6.07, 6.45) is 3.95. The van der Waals surface area contributed by atoms with E-state index in [9.17, 15) is 0 Å². The minimum atomic E-state index is 0.471. The molecule has 0 radical (unpaired) electrons. The van der Waals surface area contributed by atoms with E-state index in [0.717, 1.165) is 44.6 Å². The Morgan fingerprint density at radius 1 is 1.00 bits per heavy atom. The van der Waals surface area contributed by atoms with E-state index in [4.69, 9.17) is 10.5 Å². The third-order valence-corrected chi connectivity index (χ3v) is 3.96. The zero-order valence-electron chi connectivity index (χ0n) is 15.1. The molecular formula is C21H29N3O. The van der Waals surface area contributed by atoms with Gasteiger partial charge in [0.15, 0.2) is 5.96 Å². The van der Waals surface area contributed by atoms with E-state index in [1.807, 2.05) is 18.2 Å². The predicted molar refractivity (Wildman–Crippen MR) is 106 cm³/mol. The highest BCUT2D eigenvalue weighted by Gasteiger charge is 1.97. The average molecular weight is 339 g/mol. The van der Waals surface area contributed by atoms with Gasteiger partial charge < -0.3 is 15.8 Å². The van der Waals surface area contributed by atoms with Gasteiger partial charge in [0.1, 0.15) is 0 Å². The van der Waals surface area contributed by atoms with Crippen LogP contribution in [0.4, 0.5) is 5.69 Å². The van der Waals surface area contributed by atoms with Crippen molar-refractivity contribution in [3.63, 3.8) is 0 Å². The summed E-state index contributed by atoms with van der Waals surface area (Å²) in [5.74, 6) is 0.471. The van der Waals surface area contributed by atoms with Crippen LogP contribution < -0.4 is 11.1 Å². The van der Waals surface area contributed by atoms with Crippen molar-refractivity contribution in [3.05, 3.63) is 65.7 Å². The van der Waals surface area contributed by atoms with Gasteiger partial charge in [-0.3, -0.25) is 4.99 Å². The Hall–Kier alpha value is -2.33. The Morgan fingerprint density at radius 2 is 1.80 bits per heavy atom. The van der Waals surface area contributed by atoms with Gasteiger partial charge in [-0.1, -0.05) is 49.4 Å². The normalized spacial score (nSPS) is 11.5. The molecule has 0 atom stereocenters. The van der Waals surface area contributed by atoms with Gasteiger partial charge in [-0.15, -0.1) is 0 Å². The van der Waals surface area contributed by atoms with Gasteiger partial charge in [-0.25, -0.2) is 0 Å². The second kappa shape index (κ2) is 11.3. The summed E-state index contributed by atoms with van der Waals surface area (Å²) in [5.41, 5.74) is 9.52. The fourth-order valence-corrected chi connectivity index (χ4v) is 2.51. The topological polar surface area (TPSA) is 59.6 Å². The molecule has 25 heavy (non-hydrogen) atoms. The fraction of sp³-hybridized carbons (Fsp3) is 0.381. The van der Waals surface area contributed by atoms with E-state index >= 15 is 0 Å². The minimum Gasteiger partial charge on any atom is -0.381 e. The summed E-state index contributed by atoms with van der Waals surface area (Å²) in [6.45, 7) is 4.39. The predicted octanol–water partition coefficient (Wildman–Crippen LogP) is 4.02. The number of nitrogens with two attached hydrogens (primary N) is 1. The summed E-state index contributed by atoms with van der Waals surface area (Å²) in [5, 5.41) is 3.14. The zero-order valence-corrected chi connectivity index (χ0v) is 15.1. The molecule has 4 heteroatoms. The molecule has 3 N–H and O–H groups in total. The molecule has 0 aliphatic rings. The van der Waals surface area contributed by atoms with Gasteiger partial charge in [-0.05, 0) is 48.9 Å². The highest BCUT2D eigenvalue weighted by Crippen LogP contribution is 2.10. The Labute approximate surface area is 151 Å². The van der Waals surface area contributed by atoms with Crippen LogP contribution in [0.1, 0.15) is 30.9 Å². The maximum absolute atomic E-state index is 5.93. The number of guanidine groups is 1. The third kappa shape index (κ3) is 7.86. The Balaban J connectivity index is 1.54. The van der Waals surface area contributed by atoms with Gasteiger partial charge in [0.25, 0.3) is 0 Å². The van der Waals surface area contributed by atoms with Crippen molar-refractivity contribution < 1.29 is 4.74 Å². The maximum Gasteiger partial charge on any atom is 0.193 e. The summed E-state index contributed by atoms with van der Waals surface area (Å²) in [6, 6.07) is 18.7. The number of hydrogen-bond acceptors (Lipinski definition) is 2. The number of hydrogen-bond donors (Lipinski definition) is 2. The van der Waals surface area contributed by atoms with Crippen LogP contribution in [0, 0.1) is 0 Å². The number of anilines is 1. The summed E-state index contributed by atoms with van der Waals surface area (Å²) < 4.78 is 5.67. The van der Waals surface area contributed by atoms with Gasteiger partial charge in [-0.2, -0.15) is 0 Å². The quantitative estimate of drug-likeness (QED) is 0.390. The molecule has 134 valence electrons. The van der Waals surface area contributed by atoms with Crippen LogP contribution in [0.25, 0.3) is 0 Å². The first-order chi connectivity index (χ1) is 12.3. The summed E-state index contributed by atoms with van der Waals surface area (Å²) in [4.78, 5) is 4.37. The van der Waals surface area contributed by atoms with Crippen molar-refractivity contribution in [1.29, 1.82) is 0 Å². The fourth-order valence-electron chi connectivity index (χ4n) is 2.51. The van der Waals surface area contributed by atoms with Crippen LogP contribution in [0.5, 0.6) is 0 Å². The summed E-state index contributed by atoms with van der Waals surface area (Å²) >= 11 is 0. The Kier molecular flexibility index (Phi) is 8.56. The number of unbranched alkanes of at least 4 members (excludes halogenated alkanes) is 1. The highest BCUT2D eigenvalue weighted by atomic mass is 16.5. The number of aliphatic imine (C=N–C) groups is 1. The number of aryl methyl sites for hydroxylation is 1. The van der Waals surface area contributed by atoms with Crippen LogP contribution in [-0.2, 0) is 17.6 Å². The molecule has 4 nitrogen and oxygen atoms in total. The van der Waals surface area contributed by atoms with E-state index in [1.165, 1.54) is 11.1 Å². The lowest BCUT2D eigenvalue weighted by Crippen LogP contribution is -2.22. The molecule has 2 aromatic carbocycles. The molecule has 2 rings (SSSR count). The SMILES string of the molecule is CCc1cccc(NC(N)=NCCCCOCCc2ccccc2)c1. The second-order valence-electron chi connectivity index (χ2n) is 6.00. The maximum atomic E-state index is 5.93. The monoisotopic (exact) mass is 339 g/mol. The molecule has 0 heterocycles. The number of rotatable bonds is 10. The molecule has 0 fully saturated rings. The number of nitrogens with zero attached hydrogens (tertiary/aromatic N) is 1. The Morgan fingerprint density at radius 3 is 2.60 bits per heavy atom. The van der Waals surface area contributed by atoms with Crippen LogP contribution >= 0.6 is 0 Å². The third-order valence-electron chi connectivity index (χ3n) is 3.96. The average Bonchev–Trinajstić information content (AvgIpc) is 2.65. The van der Waals surface area contributed by atoms with E-state index < -0.39 is 0 Å². The summed E-state index contributed by atoms with van der Waals surface area (Å²) in [7, 11) is 0. The van der Waals surface area contributed by atoms with Crippen LogP contribution in [0.2, 0.25) is 0 Å². The zero-order chi connectivity index (χ0) is 17.7. The molecule has 0 spiro atoms. The first-order valence-corrected chi connectivity index (χ1v) is 9.05. The molecule has 2 aromatic rings. The van der Waals surface area contributed by atoms with E-state index in [2.05, 4.69) is 53.6 Å². The molecule has 0 aliphatic carbocycles. The first kappa shape index (κ1) is 19.0. The first-order valence-electron chi connectivity index (χ1n) is 9.05. The van der Waals surface area contributed by atoms with Crippen molar-refractivity contribution in [3.8, 4) is 0 Å². The lowest BCUT2D eigenvalue weighted by Gasteiger charge is -2.07. The Bertz CT molecular complexity index is 641. The lowest BCUT2D eigenvalue weighted by molar-refractivity contribution is 0.134. The molecule has 0 aromatic heterocycles. The lowest BCUT2D eigenvalue weighted by atomic mass is 10.1. The highest BCUT2D eigenvalue weighted by molar-refractivity contribution is 5.92. The van der Waals surface area contributed by atoms with E-state index in [0.29, 0.717) is 12.5 Å². The molecule has 0 saturated carbocycles. The molecule has 0 aliphatic heterocycles. The van der Waals surface area contributed by atoms with Gasteiger partial charge >= 0.3 is 0 Å². The van der Waals surface area contributed by atoms with Gasteiger partial charge in [0, 0.05) is 18.8 Å². The van der Waals surface area contributed by atoms with E-state index in [-0.39, 0.29) is 0 Å². The second-order valence-corrected chi connectivity index (χ2v) is 6.00. The molecular weight excluding hydrogens is 310 g/mol. The largest absolute Gasteiger partial charge is 0.381 e. The van der Waals surface area contributed by atoms with Crippen LogP contribution in [-0.4, -0.2) is 25.7 Å². The van der Waals surface area contributed by atoms with Crippen molar-refractivity contribution in [2.45, 2.75) is 32.6 Å². The number of ether oxygens (including phenoxy) is 1. The number of nitrogens with one attached hydrogen (secondary N) is 1. The van der Waals surface area contributed by atoms with Crippen LogP contribution in [0.15, 0.2) is 59.6 Å². The standard InChI is InChI=1S/C21H29N3O/c1-2-18-11-8-12-20(17-18)24-21(22)23-14-6-7-15-25-16-13-19-9-4-3-5-10-19/h3-5,8-12,17H,2,6-7,13-16H2,1H3,(H3,22,23,24). The molecule has 0 amide bonds. The van der Waals surface area contributed by atoms with Crippen LogP contribution in [0.3, 0.4) is 0 Å². The smallest absolute Gasteiger partial charge is 0.193 e. The van der Waals surface area contributed by atoms with Crippen molar-refractivity contribution in [2.24, 2.45) is 10.7 Å². The van der Waals surface area contributed by atoms with Gasteiger partial charge in [0.2, 0.25) is 0 Å². The van der Waals surface area contributed by atoms with E-state index in [1.54, 1.807) is 0 Å². The van der Waals surface area contributed by atoms with Crippen molar-refractivity contribution >= 4 is 11.6 Å². The molecule has 0 bridgehead atoms. The van der Waals surface area contributed by atoms with Crippen molar-refractivity contribution in [2.75, 3.05) is 25.1 Å².